The van der Waals surface area contributed by atoms with Crippen LogP contribution < -0.4 is 25.0 Å². The summed E-state index contributed by atoms with van der Waals surface area (Å²) in [6.07, 6.45) is -4.25. The number of halogens is 3. The lowest BCUT2D eigenvalue weighted by atomic mass is 9.68. The molecular formula is C34H27F3N4O7S3. The SMILES string of the molecule is NS(=O)(=O)c1ccc(NC(=O)COc2ccccc2[C@H]2c3sc(=O)[nH]c3SC3C4CC(C5C(=O)N(c6ccccc6C(F)(F)F)C(=O)C45)C32)cc1. The minimum atomic E-state index is -4.78. The van der Waals surface area contributed by atoms with Gasteiger partial charge in [0.05, 0.1) is 33.0 Å². The van der Waals surface area contributed by atoms with Crippen LogP contribution in [0.3, 0.4) is 0 Å². The van der Waals surface area contributed by atoms with Gasteiger partial charge in [-0.1, -0.05) is 41.7 Å². The second-order valence-electron chi connectivity index (χ2n) is 12.9. The average Bonchev–Trinajstić information content (AvgIpc) is 3.82. The van der Waals surface area contributed by atoms with Crippen LogP contribution >= 0.6 is 23.1 Å². The molecule has 51 heavy (non-hydrogen) atoms. The molecule has 4 aromatic rings. The number of fused-ring (bicyclic) bond motifs is 9. The van der Waals surface area contributed by atoms with E-state index in [2.05, 4.69) is 10.3 Å². The number of ether oxygens (including phenoxy) is 1. The van der Waals surface area contributed by atoms with Crippen molar-refractivity contribution in [3.05, 3.63) is 98.5 Å². The predicted molar refractivity (Wildman–Crippen MR) is 181 cm³/mol. The Hall–Kier alpha value is -4.45. The van der Waals surface area contributed by atoms with Gasteiger partial charge in [0, 0.05) is 27.3 Å². The maximum Gasteiger partial charge on any atom is 0.418 e. The van der Waals surface area contributed by atoms with E-state index < -0.39 is 69.5 Å². The van der Waals surface area contributed by atoms with Crippen molar-refractivity contribution in [1.29, 1.82) is 0 Å². The number of nitrogens with one attached hydrogen (secondary N) is 2. The number of carbonyl (C=O) groups is 3. The summed E-state index contributed by atoms with van der Waals surface area (Å²) in [6, 6.07) is 16.9. The van der Waals surface area contributed by atoms with Crippen LogP contribution in [0.1, 0.15) is 28.3 Å². The Morgan fingerprint density at radius 2 is 1.63 bits per heavy atom. The zero-order valence-corrected chi connectivity index (χ0v) is 28.6. The molecule has 4 aliphatic rings. The number of hydrogen-bond donors (Lipinski definition) is 3. The van der Waals surface area contributed by atoms with E-state index in [1.54, 1.807) is 18.2 Å². The highest BCUT2D eigenvalue weighted by molar-refractivity contribution is 8.00. The van der Waals surface area contributed by atoms with Gasteiger partial charge >= 0.3 is 11.0 Å². The lowest BCUT2D eigenvalue weighted by molar-refractivity contribution is -0.137. The number of aromatic nitrogens is 1. The quantitative estimate of drug-likeness (QED) is 0.226. The highest BCUT2D eigenvalue weighted by Gasteiger charge is 2.70. The van der Waals surface area contributed by atoms with Gasteiger partial charge in [0.2, 0.25) is 21.8 Å². The average molecular weight is 757 g/mol. The van der Waals surface area contributed by atoms with Crippen LogP contribution in [0, 0.1) is 29.6 Å². The molecule has 0 radical (unpaired) electrons. The van der Waals surface area contributed by atoms with Crippen LogP contribution in [0.5, 0.6) is 5.75 Å². The van der Waals surface area contributed by atoms with Gasteiger partial charge in [-0.3, -0.25) is 19.2 Å². The molecule has 2 bridgehead atoms. The summed E-state index contributed by atoms with van der Waals surface area (Å²) in [7, 11) is -3.91. The highest BCUT2D eigenvalue weighted by Crippen LogP contribution is 2.69. The summed E-state index contributed by atoms with van der Waals surface area (Å²) in [6.45, 7) is -0.420. The number of alkyl halides is 3. The molecule has 8 rings (SSSR count). The lowest BCUT2D eigenvalue weighted by Crippen LogP contribution is -2.42. The van der Waals surface area contributed by atoms with Gasteiger partial charge in [0.15, 0.2) is 6.61 Å². The number of hydrogen-bond acceptors (Lipinski definition) is 9. The molecule has 3 fully saturated rings. The number of sulfonamides is 1. The molecule has 2 saturated carbocycles. The number of imide groups is 1. The van der Waals surface area contributed by atoms with E-state index in [0.717, 1.165) is 33.2 Å². The summed E-state index contributed by atoms with van der Waals surface area (Å²) in [4.78, 5) is 57.6. The molecule has 2 aliphatic carbocycles. The number of para-hydroxylation sites is 2. The molecule has 1 saturated heterocycles. The molecule has 3 heterocycles. The van der Waals surface area contributed by atoms with E-state index in [0.29, 0.717) is 28.4 Å². The fourth-order valence-corrected chi connectivity index (χ4v) is 11.8. The number of aromatic amines is 1. The van der Waals surface area contributed by atoms with Crippen molar-refractivity contribution in [2.45, 2.75) is 33.7 Å². The van der Waals surface area contributed by atoms with E-state index in [-0.39, 0.29) is 32.8 Å². The smallest absolute Gasteiger partial charge is 0.418 e. The Kier molecular flexibility index (Phi) is 7.97. The highest BCUT2D eigenvalue weighted by atomic mass is 32.2. The Bertz CT molecular complexity index is 2270. The normalized spacial score (nSPS) is 26.5. The molecule has 1 aromatic heterocycles. The number of carbonyl (C=O) groups excluding carboxylic acids is 3. The largest absolute Gasteiger partial charge is 0.483 e. The molecule has 11 nitrogen and oxygen atoms in total. The van der Waals surface area contributed by atoms with Crippen molar-refractivity contribution >= 4 is 62.2 Å². The van der Waals surface area contributed by atoms with Crippen molar-refractivity contribution in [3.8, 4) is 5.75 Å². The Labute approximate surface area is 296 Å². The van der Waals surface area contributed by atoms with Gasteiger partial charge in [-0.2, -0.15) is 13.2 Å². The summed E-state index contributed by atoms with van der Waals surface area (Å²) >= 11 is 2.47. The van der Waals surface area contributed by atoms with Gasteiger partial charge in [0.1, 0.15) is 5.75 Å². The second-order valence-corrected chi connectivity index (χ2v) is 16.7. The standard InChI is InChI=1S/C34H27F3N4O7S3/c35-34(36,37)20-6-2-3-7-21(20)41-31(43)26-18-13-19(27(26)32(41)44)28-25(18)24(29-30(49-28)40-33(45)50-29)17-5-1-4-8-22(17)48-14-23(42)39-15-9-11-16(12-10-15)51(38,46)47/h1-12,18-19,24-28H,13-14H2,(H,39,42)(H,40,45)(H2,38,46,47)/t18?,19?,24-,25?,26?,27?,28?/m1/s1. The van der Waals surface area contributed by atoms with Crippen molar-refractivity contribution in [1.82, 2.24) is 4.98 Å². The molecule has 264 valence electrons. The minimum Gasteiger partial charge on any atom is -0.483 e. The summed E-state index contributed by atoms with van der Waals surface area (Å²) in [5.74, 6) is -4.53. The fourth-order valence-electron chi connectivity index (χ4n) is 8.45. The molecular weight excluding hydrogens is 730 g/mol. The monoisotopic (exact) mass is 756 g/mol. The molecule has 3 aromatic carbocycles. The van der Waals surface area contributed by atoms with E-state index >= 15 is 0 Å². The number of thioether (sulfide) groups is 1. The molecule has 4 N–H and O–H groups in total. The first kappa shape index (κ1) is 33.7. The Balaban J connectivity index is 1.10. The number of rotatable bonds is 7. The van der Waals surface area contributed by atoms with Crippen molar-refractivity contribution in [3.63, 3.8) is 0 Å². The first-order chi connectivity index (χ1) is 24.2. The van der Waals surface area contributed by atoms with Crippen molar-refractivity contribution in [2.24, 2.45) is 34.7 Å². The predicted octanol–water partition coefficient (Wildman–Crippen LogP) is 4.80. The first-order valence-electron chi connectivity index (χ1n) is 15.8. The molecule has 2 aliphatic heterocycles. The minimum absolute atomic E-state index is 0.115. The maximum absolute atomic E-state index is 14.1. The third-order valence-electron chi connectivity index (χ3n) is 10.3. The summed E-state index contributed by atoms with van der Waals surface area (Å²) in [5.41, 5.74) is -0.548. The molecule has 17 heteroatoms. The Morgan fingerprint density at radius 3 is 2.33 bits per heavy atom. The number of amides is 3. The molecule has 6 unspecified atom stereocenters. The number of anilines is 2. The number of nitrogens with two attached hydrogens (primary N) is 1. The van der Waals surface area contributed by atoms with E-state index in [4.69, 9.17) is 9.88 Å². The van der Waals surface area contributed by atoms with Crippen molar-refractivity contribution in [2.75, 3.05) is 16.8 Å². The topological polar surface area (TPSA) is 169 Å². The second kappa shape index (κ2) is 12.1. The van der Waals surface area contributed by atoms with Crippen LogP contribution in [0.2, 0.25) is 0 Å². The number of H-pyrrole nitrogens is 1. The fraction of sp³-hybridized carbons (Fsp3) is 0.294. The molecule has 3 amide bonds. The lowest BCUT2D eigenvalue weighted by Gasteiger charge is -2.43. The summed E-state index contributed by atoms with van der Waals surface area (Å²) in [5, 5.41) is 8.18. The van der Waals surface area contributed by atoms with Crippen LogP contribution in [0.4, 0.5) is 24.5 Å². The maximum atomic E-state index is 14.1. The van der Waals surface area contributed by atoms with Gasteiger partial charge in [-0.25, -0.2) is 18.5 Å². The van der Waals surface area contributed by atoms with Gasteiger partial charge < -0.3 is 15.0 Å². The summed E-state index contributed by atoms with van der Waals surface area (Å²) < 4.78 is 71.2. The number of thiazole rings is 1. The van der Waals surface area contributed by atoms with Gasteiger partial charge in [-0.15, -0.1) is 11.8 Å². The van der Waals surface area contributed by atoms with E-state index in [1.807, 2.05) is 6.07 Å². The number of primary sulfonamides is 1. The first-order valence-corrected chi connectivity index (χ1v) is 19.0. The van der Waals surface area contributed by atoms with Crippen molar-refractivity contribution < 1.29 is 40.7 Å². The van der Waals surface area contributed by atoms with Crippen LogP contribution in [-0.2, 0) is 30.6 Å². The van der Waals surface area contributed by atoms with Crippen LogP contribution in [0.15, 0.2) is 87.5 Å². The molecule has 0 spiro atoms. The van der Waals surface area contributed by atoms with E-state index in [1.165, 1.54) is 48.2 Å². The number of nitrogens with zero attached hydrogens (tertiary/aromatic N) is 1. The van der Waals surface area contributed by atoms with Crippen LogP contribution in [0.25, 0.3) is 0 Å². The molecule has 7 atom stereocenters. The van der Waals surface area contributed by atoms with Gasteiger partial charge in [-0.05, 0) is 66.6 Å². The van der Waals surface area contributed by atoms with Crippen LogP contribution in [-0.4, -0.2) is 43.0 Å². The zero-order chi connectivity index (χ0) is 36.0. The van der Waals surface area contributed by atoms with E-state index in [9.17, 15) is 40.8 Å². The zero-order valence-electron chi connectivity index (χ0n) is 26.1. The number of benzene rings is 3. The Morgan fingerprint density at radius 1 is 0.961 bits per heavy atom. The third kappa shape index (κ3) is 5.57. The third-order valence-corrected chi connectivity index (χ3v) is 13.8. The van der Waals surface area contributed by atoms with Gasteiger partial charge in [0.25, 0.3) is 5.91 Å².